The van der Waals surface area contributed by atoms with Gasteiger partial charge in [-0.1, -0.05) is 13.8 Å². The Morgan fingerprint density at radius 3 is 2.86 bits per heavy atom. The van der Waals surface area contributed by atoms with Crippen LogP contribution < -0.4 is 4.74 Å². The highest BCUT2D eigenvalue weighted by Crippen LogP contribution is 2.27. The SMILES string of the molecule is COC(=O)/C(C)=C/c1c[nH]c2ncnc(OCC(C)C)c12. The molecule has 0 aliphatic carbocycles. The Kier molecular flexibility index (Phi) is 4.57. The number of rotatable bonds is 5. The van der Waals surface area contributed by atoms with Crippen molar-refractivity contribution in [2.75, 3.05) is 13.7 Å². The second-order valence-electron chi connectivity index (χ2n) is 5.17. The van der Waals surface area contributed by atoms with E-state index in [1.807, 2.05) is 0 Å². The lowest BCUT2D eigenvalue weighted by molar-refractivity contribution is -0.135. The molecule has 6 nitrogen and oxygen atoms in total. The summed E-state index contributed by atoms with van der Waals surface area (Å²) in [5.41, 5.74) is 1.97. The average Bonchev–Trinajstić information content (AvgIpc) is 2.87. The first-order chi connectivity index (χ1) is 10.0. The van der Waals surface area contributed by atoms with Crippen molar-refractivity contribution in [3.8, 4) is 5.88 Å². The molecular weight excluding hydrogens is 270 g/mol. The first-order valence-corrected chi connectivity index (χ1v) is 6.74. The normalized spacial score (nSPS) is 12.0. The van der Waals surface area contributed by atoms with Gasteiger partial charge in [0, 0.05) is 17.3 Å². The van der Waals surface area contributed by atoms with Crippen molar-refractivity contribution in [2.24, 2.45) is 5.92 Å². The topological polar surface area (TPSA) is 77.1 Å². The number of aromatic nitrogens is 3. The zero-order valence-corrected chi connectivity index (χ0v) is 12.6. The third-order valence-corrected chi connectivity index (χ3v) is 2.90. The van der Waals surface area contributed by atoms with E-state index in [-0.39, 0.29) is 5.97 Å². The minimum atomic E-state index is -0.370. The maximum atomic E-state index is 11.5. The molecule has 2 aromatic heterocycles. The Morgan fingerprint density at radius 2 is 2.19 bits per heavy atom. The summed E-state index contributed by atoms with van der Waals surface area (Å²) in [5.74, 6) is 0.537. The van der Waals surface area contributed by atoms with Crippen LogP contribution in [0.5, 0.6) is 5.88 Å². The van der Waals surface area contributed by atoms with Crippen LogP contribution in [-0.4, -0.2) is 34.6 Å². The highest BCUT2D eigenvalue weighted by Gasteiger charge is 2.13. The summed E-state index contributed by atoms with van der Waals surface area (Å²) in [6.07, 6.45) is 4.96. The standard InChI is InChI=1S/C15H19N3O3/c1-9(2)7-21-14-12-11(5-10(3)15(19)20-4)6-16-13(12)17-8-18-14/h5-6,8-9H,7H2,1-4H3,(H,16,17,18)/b10-5+. The molecule has 2 aromatic rings. The van der Waals surface area contributed by atoms with E-state index < -0.39 is 0 Å². The number of nitrogens with one attached hydrogen (secondary N) is 1. The van der Waals surface area contributed by atoms with Crippen LogP contribution >= 0.6 is 0 Å². The van der Waals surface area contributed by atoms with E-state index in [1.54, 1.807) is 19.2 Å². The van der Waals surface area contributed by atoms with E-state index in [1.165, 1.54) is 13.4 Å². The van der Waals surface area contributed by atoms with Gasteiger partial charge in [0.2, 0.25) is 5.88 Å². The summed E-state index contributed by atoms with van der Waals surface area (Å²) < 4.78 is 10.4. The first-order valence-electron chi connectivity index (χ1n) is 6.74. The minimum Gasteiger partial charge on any atom is -0.477 e. The molecule has 0 unspecified atom stereocenters. The molecule has 0 atom stereocenters. The summed E-state index contributed by atoms with van der Waals surface area (Å²) in [4.78, 5) is 22.9. The molecule has 0 aliphatic rings. The summed E-state index contributed by atoms with van der Waals surface area (Å²) in [7, 11) is 1.36. The van der Waals surface area contributed by atoms with Crippen LogP contribution in [0.4, 0.5) is 0 Å². The van der Waals surface area contributed by atoms with Crippen molar-refractivity contribution in [3.05, 3.63) is 23.7 Å². The van der Waals surface area contributed by atoms with E-state index in [0.717, 1.165) is 10.9 Å². The van der Waals surface area contributed by atoms with Crippen LogP contribution in [0, 0.1) is 5.92 Å². The fourth-order valence-corrected chi connectivity index (χ4v) is 1.88. The summed E-state index contributed by atoms with van der Waals surface area (Å²) >= 11 is 0. The van der Waals surface area contributed by atoms with Gasteiger partial charge in [0.1, 0.15) is 12.0 Å². The molecule has 0 spiro atoms. The van der Waals surface area contributed by atoms with E-state index >= 15 is 0 Å². The fraction of sp³-hybridized carbons (Fsp3) is 0.400. The third kappa shape index (κ3) is 3.39. The maximum absolute atomic E-state index is 11.5. The molecule has 0 saturated heterocycles. The van der Waals surface area contributed by atoms with Gasteiger partial charge in [-0.2, -0.15) is 0 Å². The number of ether oxygens (including phenoxy) is 2. The summed E-state index contributed by atoms with van der Waals surface area (Å²) in [5, 5.41) is 0.765. The Balaban J connectivity index is 2.43. The lowest BCUT2D eigenvalue weighted by Crippen LogP contribution is -2.06. The molecule has 112 valence electrons. The smallest absolute Gasteiger partial charge is 0.333 e. The maximum Gasteiger partial charge on any atom is 0.333 e. The van der Waals surface area contributed by atoms with Crippen LogP contribution in [0.25, 0.3) is 17.1 Å². The second kappa shape index (κ2) is 6.39. The molecule has 21 heavy (non-hydrogen) atoms. The summed E-state index contributed by atoms with van der Waals surface area (Å²) in [6.45, 7) is 6.40. The van der Waals surface area contributed by atoms with Gasteiger partial charge in [0.25, 0.3) is 0 Å². The van der Waals surface area contributed by atoms with Crippen molar-refractivity contribution >= 4 is 23.1 Å². The van der Waals surface area contributed by atoms with E-state index in [0.29, 0.717) is 29.6 Å². The number of hydrogen-bond donors (Lipinski definition) is 1. The molecule has 0 aliphatic heterocycles. The second-order valence-corrected chi connectivity index (χ2v) is 5.17. The van der Waals surface area contributed by atoms with Crippen LogP contribution in [0.15, 0.2) is 18.1 Å². The van der Waals surface area contributed by atoms with Gasteiger partial charge >= 0.3 is 5.97 Å². The van der Waals surface area contributed by atoms with E-state index in [9.17, 15) is 4.79 Å². The van der Waals surface area contributed by atoms with Crippen molar-refractivity contribution in [1.82, 2.24) is 15.0 Å². The fourth-order valence-electron chi connectivity index (χ4n) is 1.88. The van der Waals surface area contributed by atoms with Crippen molar-refractivity contribution in [2.45, 2.75) is 20.8 Å². The van der Waals surface area contributed by atoms with Gasteiger partial charge in [-0.15, -0.1) is 0 Å². The number of aromatic amines is 1. The lowest BCUT2D eigenvalue weighted by Gasteiger charge is -2.08. The van der Waals surface area contributed by atoms with Gasteiger partial charge in [-0.05, 0) is 18.9 Å². The number of esters is 1. The average molecular weight is 289 g/mol. The zero-order valence-electron chi connectivity index (χ0n) is 12.6. The number of nitrogens with zero attached hydrogens (tertiary/aromatic N) is 2. The number of carbonyl (C=O) groups is 1. The molecule has 1 N–H and O–H groups in total. The van der Waals surface area contributed by atoms with Crippen LogP contribution in [0.3, 0.4) is 0 Å². The van der Waals surface area contributed by atoms with E-state index in [4.69, 9.17) is 9.47 Å². The Bertz CT molecular complexity index is 674. The molecule has 0 saturated carbocycles. The Morgan fingerprint density at radius 1 is 1.43 bits per heavy atom. The molecule has 2 heterocycles. The van der Waals surface area contributed by atoms with Crippen molar-refractivity contribution < 1.29 is 14.3 Å². The van der Waals surface area contributed by atoms with Gasteiger partial charge in [-0.3, -0.25) is 0 Å². The molecule has 6 heteroatoms. The third-order valence-electron chi connectivity index (χ3n) is 2.90. The highest BCUT2D eigenvalue weighted by molar-refractivity contribution is 5.98. The van der Waals surface area contributed by atoms with E-state index in [2.05, 4.69) is 28.8 Å². The number of carbonyl (C=O) groups excluding carboxylic acids is 1. The van der Waals surface area contributed by atoms with Gasteiger partial charge in [-0.25, -0.2) is 14.8 Å². The number of H-pyrrole nitrogens is 1. The van der Waals surface area contributed by atoms with Crippen molar-refractivity contribution in [1.29, 1.82) is 0 Å². The predicted octanol–water partition coefficient (Wildman–Crippen LogP) is 2.57. The molecule has 0 fully saturated rings. The predicted molar refractivity (Wildman–Crippen MR) is 79.9 cm³/mol. The molecule has 0 aromatic carbocycles. The Labute approximate surface area is 123 Å². The molecule has 0 amide bonds. The van der Waals surface area contributed by atoms with Crippen LogP contribution in [-0.2, 0) is 9.53 Å². The highest BCUT2D eigenvalue weighted by atomic mass is 16.5. The monoisotopic (exact) mass is 289 g/mol. The number of hydrogen-bond acceptors (Lipinski definition) is 5. The quantitative estimate of drug-likeness (QED) is 0.676. The van der Waals surface area contributed by atoms with Gasteiger partial charge < -0.3 is 14.5 Å². The largest absolute Gasteiger partial charge is 0.477 e. The number of fused-ring (bicyclic) bond motifs is 1. The lowest BCUT2D eigenvalue weighted by atomic mass is 10.1. The molecule has 0 radical (unpaired) electrons. The number of methoxy groups -OCH3 is 1. The van der Waals surface area contributed by atoms with Crippen LogP contribution in [0.1, 0.15) is 26.3 Å². The van der Waals surface area contributed by atoms with Crippen LogP contribution in [0.2, 0.25) is 0 Å². The van der Waals surface area contributed by atoms with Gasteiger partial charge in [0.05, 0.1) is 19.1 Å². The Hall–Kier alpha value is -2.37. The molecular formula is C15H19N3O3. The van der Waals surface area contributed by atoms with Crippen molar-refractivity contribution in [3.63, 3.8) is 0 Å². The first kappa shape index (κ1) is 15.0. The summed E-state index contributed by atoms with van der Waals surface area (Å²) in [6, 6.07) is 0. The minimum absolute atomic E-state index is 0.370. The van der Waals surface area contributed by atoms with Gasteiger partial charge in [0.15, 0.2) is 0 Å². The molecule has 2 rings (SSSR count). The molecule has 0 bridgehead atoms. The zero-order chi connectivity index (χ0) is 15.4.